The van der Waals surface area contributed by atoms with Crippen molar-refractivity contribution < 1.29 is 23.9 Å². The molecular weight excluding hydrogens is 452 g/mol. The molecule has 1 aliphatic heterocycles. The molecule has 2 N–H and O–H groups in total. The van der Waals surface area contributed by atoms with Crippen molar-refractivity contribution in [1.82, 2.24) is 0 Å². The molecule has 0 aliphatic carbocycles. The van der Waals surface area contributed by atoms with Crippen molar-refractivity contribution in [3.05, 3.63) is 51.5 Å². The fraction of sp³-hybridized carbons (Fsp3) is 0.211. The minimum atomic E-state index is -0.678. The number of hydrogen-bond acceptors (Lipinski definition) is 5. The van der Waals surface area contributed by atoms with Crippen molar-refractivity contribution in [3.8, 4) is 5.75 Å². The van der Waals surface area contributed by atoms with Crippen LogP contribution in [0.5, 0.6) is 5.75 Å². The van der Waals surface area contributed by atoms with Gasteiger partial charge in [-0.2, -0.15) is 0 Å². The van der Waals surface area contributed by atoms with E-state index in [0.29, 0.717) is 29.3 Å². The van der Waals surface area contributed by atoms with Crippen molar-refractivity contribution in [1.29, 1.82) is 0 Å². The highest BCUT2D eigenvalue weighted by Crippen LogP contribution is 2.27. The average molecular weight is 468 g/mol. The Morgan fingerprint density at radius 1 is 1.14 bits per heavy atom. The van der Waals surface area contributed by atoms with E-state index in [1.54, 1.807) is 36.4 Å². The third kappa shape index (κ3) is 5.46. The van der Waals surface area contributed by atoms with Crippen LogP contribution >= 0.6 is 27.5 Å². The lowest BCUT2D eigenvalue weighted by Crippen LogP contribution is -2.24. The van der Waals surface area contributed by atoms with Gasteiger partial charge in [-0.15, -0.1) is 0 Å². The number of esters is 1. The molecule has 0 spiro atoms. The number of ether oxygens (including phenoxy) is 2. The smallest absolute Gasteiger partial charge is 0.344 e. The number of amides is 2. The third-order valence-electron chi connectivity index (χ3n) is 3.90. The zero-order chi connectivity index (χ0) is 20.1. The van der Waals surface area contributed by atoms with Crippen LogP contribution in [0.25, 0.3) is 0 Å². The highest BCUT2D eigenvalue weighted by atomic mass is 79.9. The first-order valence-electron chi connectivity index (χ1n) is 8.37. The summed E-state index contributed by atoms with van der Waals surface area (Å²) in [6.45, 7) is -0.789. The molecule has 28 heavy (non-hydrogen) atoms. The number of hydrogen-bond donors (Lipinski definition) is 2. The molecule has 2 amide bonds. The molecule has 2 aromatic carbocycles. The number of fused-ring (bicyclic) bond motifs is 1. The van der Waals surface area contributed by atoms with E-state index in [0.717, 1.165) is 15.7 Å². The Bertz CT molecular complexity index is 935. The number of benzene rings is 2. The summed E-state index contributed by atoms with van der Waals surface area (Å²) < 4.78 is 11.1. The molecule has 146 valence electrons. The summed E-state index contributed by atoms with van der Waals surface area (Å²) in [5.74, 6) is -0.726. The zero-order valence-corrected chi connectivity index (χ0v) is 16.9. The molecule has 7 nitrogen and oxygen atoms in total. The first-order chi connectivity index (χ1) is 13.4. The van der Waals surface area contributed by atoms with E-state index in [1.165, 1.54) is 0 Å². The Kier molecular flexibility index (Phi) is 6.53. The molecule has 1 aliphatic rings. The van der Waals surface area contributed by atoms with Gasteiger partial charge in [0.25, 0.3) is 5.91 Å². The molecule has 0 unspecified atom stereocenters. The van der Waals surface area contributed by atoms with Gasteiger partial charge in [0.15, 0.2) is 13.2 Å². The quantitative estimate of drug-likeness (QED) is 0.634. The van der Waals surface area contributed by atoms with Gasteiger partial charge in [-0.3, -0.25) is 9.59 Å². The van der Waals surface area contributed by atoms with E-state index in [9.17, 15) is 14.4 Å². The van der Waals surface area contributed by atoms with E-state index >= 15 is 0 Å². The fourth-order valence-electron chi connectivity index (χ4n) is 2.56. The Labute approximate surface area is 174 Å². The monoisotopic (exact) mass is 466 g/mol. The van der Waals surface area contributed by atoms with Gasteiger partial charge in [0.05, 0.1) is 10.7 Å². The van der Waals surface area contributed by atoms with Gasteiger partial charge in [0, 0.05) is 16.6 Å². The van der Waals surface area contributed by atoms with Crippen molar-refractivity contribution in [2.75, 3.05) is 23.8 Å². The van der Waals surface area contributed by atoms with E-state index in [1.807, 2.05) is 0 Å². The van der Waals surface area contributed by atoms with E-state index in [-0.39, 0.29) is 12.5 Å². The van der Waals surface area contributed by atoms with Crippen LogP contribution in [-0.4, -0.2) is 31.0 Å². The minimum Gasteiger partial charge on any atom is -0.482 e. The van der Waals surface area contributed by atoms with E-state index in [4.69, 9.17) is 21.1 Å². The predicted octanol–water partition coefficient (Wildman–Crippen LogP) is 3.55. The number of nitrogens with one attached hydrogen (secondary N) is 2. The first kappa shape index (κ1) is 20.2. The summed E-state index contributed by atoms with van der Waals surface area (Å²) in [6.07, 6.45) is 1.03. The lowest BCUT2D eigenvalue weighted by molar-refractivity contribution is -0.149. The fourth-order valence-corrected chi connectivity index (χ4v) is 3.28. The van der Waals surface area contributed by atoms with Crippen molar-refractivity contribution in [3.63, 3.8) is 0 Å². The maximum Gasteiger partial charge on any atom is 0.344 e. The molecule has 2 aromatic rings. The second-order valence-electron chi connectivity index (χ2n) is 5.99. The highest BCUT2D eigenvalue weighted by Gasteiger charge is 2.16. The van der Waals surface area contributed by atoms with Crippen LogP contribution in [0.2, 0.25) is 5.02 Å². The molecule has 0 saturated carbocycles. The third-order valence-corrected chi connectivity index (χ3v) is 4.70. The summed E-state index contributed by atoms with van der Waals surface area (Å²) in [4.78, 5) is 35.0. The summed E-state index contributed by atoms with van der Waals surface area (Å²) in [6, 6.07) is 10.1. The predicted molar refractivity (Wildman–Crippen MR) is 108 cm³/mol. The SMILES string of the molecule is O=C(COC(=O)COc1ccc2c(c1)CCC(=O)N2)Nc1ccc(Br)cc1Cl. The number of anilines is 2. The molecule has 3 rings (SSSR count). The Morgan fingerprint density at radius 2 is 1.96 bits per heavy atom. The summed E-state index contributed by atoms with van der Waals surface area (Å²) in [5.41, 5.74) is 2.11. The van der Waals surface area contributed by atoms with Gasteiger partial charge >= 0.3 is 5.97 Å². The topological polar surface area (TPSA) is 93.7 Å². The summed E-state index contributed by atoms with van der Waals surface area (Å²) in [7, 11) is 0. The molecule has 0 bridgehead atoms. The Morgan fingerprint density at radius 3 is 2.75 bits per heavy atom. The largest absolute Gasteiger partial charge is 0.482 e. The van der Waals surface area contributed by atoms with Crippen molar-refractivity contribution in [2.45, 2.75) is 12.8 Å². The maximum atomic E-state index is 11.9. The van der Waals surface area contributed by atoms with Gasteiger partial charge in [0.2, 0.25) is 5.91 Å². The average Bonchev–Trinajstić information content (AvgIpc) is 2.67. The lowest BCUT2D eigenvalue weighted by Gasteiger charge is -2.17. The van der Waals surface area contributed by atoms with E-state index < -0.39 is 18.5 Å². The van der Waals surface area contributed by atoms with Gasteiger partial charge in [-0.25, -0.2) is 4.79 Å². The highest BCUT2D eigenvalue weighted by molar-refractivity contribution is 9.10. The Balaban J connectivity index is 1.44. The van der Waals surface area contributed by atoms with Gasteiger partial charge < -0.3 is 20.1 Å². The van der Waals surface area contributed by atoms with Crippen molar-refractivity contribution >= 4 is 56.7 Å². The van der Waals surface area contributed by atoms with Crippen LogP contribution in [-0.2, 0) is 25.5 Å². The molecule has 0 atom stereocenters. The molecular formula is C19H16BrClN2O5. The van der Waals surface area contributed by atoms with Crippen LogP contribution in [0.1, 0.15) is 12.0 Å². The number of rotatable bonds is 6. The van der Waals surface area contributed by atoms with Gasteiger partial charge in [-0.1, -0.05) is 27.5 Å². The second kappa shape index (κ2) is 9.07. The molecule has 0 fully saturated rings. The number of halogens is 2. The summed E-state index contributed by atoms with van der Waals surface area (Å²) in [5, 5.41) is 5.69. The van der Waals surface area contributed by atoms with Crippen LogP contribution in [0.3, 0.4) is 0 Å². The minimum absolute atomic E-state index is 0.0209. The Hall–Kier alpha value is -2.58. The van der Waals surface area contributed by atoms with Gasteiger partial charge in [-0.05, 0) is 48.4 Å². The molecule has 0 aromatic heterocycles. The maximum absolute atomic E-state index is 11.9. The van der Waals surface area contributed by atoms with Crippen LogP contribution in [0, 0.1) is 0 Å². The number of carbonyl (C=O) groups excluding carboxylic acids is 3. The summed E-state index contributed by atoms with van der Waals surface area (Å²) >= 11 is 9.29. The number of aryl methyl sites for hydroxylation is 1. The van der Waals surface area contributed by atoms with Crippen LogP contribution < -0.4 is 15.4 Å². The normalized spacial score (nSPS) is 12.6. The molecule has 0 saturated heterocycles. The molecule has 9 heteroatoms. The molecule has 1 heterocycles. The van der Waals surface area contributed by atoms with E-state index in [2.05, 4.69) is 26.6 Å². The number of carbonyl (C=O) groups is 3. The molecule has 0 radical (unpaired) electrons. The van der Waals surface area contributed by atoms with Crippen LogP contribution in [0.4, 0.5) is 11.4 Å². The van der Waals surface area contributed by atoms with Gasteiger partial charge in [0.1, 0.15) is 5.75 Å². The van der Waals surface area contributed by atoms with Crippen LogP contribution in [0.15, 0.2) is 40.9 Å². The second-order valence-corrected chi connectivity index (χ2v) is 7.31. The standard InChI is InChI=1S/C19H16BrClN2O5/c20-12-2-4-16(14(21)8-12)23-18(25)9-28-19(26)10-27-13-3-5-15-11(7-13)1-6-17(24)22-15/h2-5,7-8H,1,6,9-10H2,(H,22,24)(H,23,25). The zero-order valence-electron chi connectivity index (χ0n) is 14.6. The first-order valence-corrected chi connectivity index (χ1v) is 9.54. The lowest BCUT2D eigenvalue weighted by atomic mass is 10.0. The van der Waals surface area contributed by atoms with Crippen molar-refractivity contribution in [2.24, 2.45) is 0 Å².